The normalized spacial score (nSPS) is 14.4. The molecular formula is C14H24F9NSi. The van der Waals surface area contributed by atoms with Gasteiger partial charge in [0.15, 0.2) is 0 Å². The van der Waals surface area contributed by atoms with Crippen molar-refractivity contribution in [1.29, 1.82) is 0 Å². The summed E-state index contributed by atoms with van der Waals surface area (Å²) in [5.41, 5.74) is 0. The van der Waals surface area contributed by atoms with Gasteiger partial charge in [0.1, 0.15) is 8.24 Å². The maximum absolute atomic E-state index is 12.6. The second-order valence-corrected chi connectivity index (χ2v) is 10.6. The van der Waals surface area contributed by atoms with Gasteiger partial charge >= 0.3 is 18.5 Å². The van der Waals surface area contributed by atoms with Gasteiger partial charge in [-0.2, -0.15) is 39.5 Å². The Morgan fingerprint density at radius 3 is 1.12 bits per heavy atom. The fourth-order valence-corrected chi connectivity index (χ4v) is 7.40. The molecule has 0 aliphatic rings. The highest BCUT2D eigenvalue weighted by Crippen LogP contribution is 2.37. The third-order valence-corrected chi connectivity index (χ3v) is 8.80. The highest BCUT2D eigenvalue weighted by Gasteiger charge is 2.44. The minimum atomic E-state index is -4.62. The summed E-state index contributed by atoms with van der Waals surface area (Å²) in [6, 6.07) is -2.43. The first-order valence-electron chi connectivity index (χ1n) is 8.09. The fraction of sp³-hybridized carbons (Fsp3) is 1.00. The van der Waals surface area contributed by atoms with Gasteiger partial charge in [-0.25, -0.2) is 0 Å². The lowest BCUT2D eigenvalue weighted by Crippen LogP contribution is -2.56. The lowest BCUT2D eigenvalue weighted by molar-refractivity contribution is -0.132. The molecule has 0 heterocycles. The third kappa shape index (κ3) is 12.5. The molecular weight excluding hydrogens is 381 g/mol. The Morgan fingerprint density at radius 2 is 0.920 bits per heavy atom. The molecule has 0 saturated heterocycles. The topological polar surface area (TPSA) is 12.0 Å². The molecule has 0 aliphatic carbocycles. The Balaban J connectivity index is 5.48. The van der Waals surface area contributed by atoms with Crippen LogP contribution in [0.4, 0.5) is 39.5 Å². The lowest BCUT2D eigenvalue weighted by Gasteiger charge is -2.37. The summed E-state index contributed by atoms with van der Waals surface area (Å²) in [7, 11) is -3.64. The van der Waals surface area contributed by atoms with Crippen LogP contribution in [0.5, 0.6) is 0 Å². The molecule has 0 spiro atoms. The standard InChI is InChI=1S/C14H24F9NSi/c1-3-11(4-2)24-25(8-5-12(15,16)17,9-6-13(18,19)20)10-7-14(21,22)23/h11,24H,3-10H2,1-2H3. The van der Waals surface area contributed by atoms with Gasteiger partial charge in [-0.15, -0.1) is 0 Å². The smallest absolute Gasteiger partial charge is 0.334 e. The van der Waals surface area contributed by atoms with Crippen LogP contribution >= 0.6 is 0 Å². The van der Waals surface area contributed by atoms with Crippen molar-refractivity contribution >= 4 is 8.24 Å². The van der Waals surface area contributed by atoms with Gasteiger partial charge < -0.3 is 4.98 Å². The zero-order valence-corrected chi connectivity index (χ0v) is 15.1. The Bertz CT molecular complexity index is 326. The van der Waals surface area contributed by atoms with Crippen LogP contribution in [0.25, 0.3) is 0 Å². The maximum Gasteiger partial charge on any atom is 0.388 e. The van der Waals surface area contributed by atoms with E-state index in [1.54, 1.807) is 13.8 Å². The van der Waals surface area contributed by atoms with Crippen LogP contribution in [0.3, 0.4) is 0 Å². The summed E-state index contributed by atoms with van der Waals surface area (Å²) in [4.78, 5) is 2.82. The molecule has 0 aromatic heterocycles. The molecule has 0 fully saturated rings. The Morgan fingerprint density at radius 1 is 0.640 bits per heavy atom. The number of rotatable bonds is 10. The SMILES string of the molecule is CCC(CC)N[Si](CCC(F)(F)F)(CCC(F)(F)F)CCC(F)(F)F. The van der Waals surface area contributed by atoms with Crippen LogP contribution in [0.1, 0.15) is 46.0 Å². The van der Waals surface area contributed by atoms with E-state index in [2.05, 4.69) is 4.98 Å². The summed E-state index contributed by atoms with van der Waals surface area (Å²) in [5.74, 6) is 0. The van der Waals surface area contributed by atoms with Crippen LogP contribution in [0.15, 0.2) is 0 Å². The summed E-state index contributed by atoms with van der Waals surface area (Å²) in [5, 5.41) is 0. The van der Waals surface area contributed by atoms with Crippen molar-refractivity contribution in [2.24, 2.45) is 0 Å². The zero-order chi connectivity index (χ0) is 19.9. The molecule has 152 valence electrons. The van der Waals surface area contributed by atoms with Crippen molar-refractivity contribution < 1.29 is 39.5 Å². The molecule has 0 unspecified atom stereocenters. The largest absolute Gasteiger partial charge is 0.388 e. The summed E-state index contributed by atoms with van der Waals surface area (Å²) in [6.07, 6.45) is -17.1. The molecule has 1 N–H and O–H groups in total. The minimum absolute atomic E-state index is 0.388. The molecule has 0 rings (SSSR count). The predicted molar refractivity (Wildman–Crippen MR) is 79.7 cm³/mol. The van der Waals surface area contributed by atoms with Gasteiger partial charge in [-0.3, -0.25) is 0 Å². The number of halogens is 9. The van der Waals surface area contributed by atoms with Crippen molar-refractivity contribution in [1.82, 2.24) is 4.98 Å². The van der Waals surface area contributed by atoms with Crippen LogP contribution in [0, 0.1) is 0 Å². The van der Waals surface area contributed by atoms with E-state index in [0.717, 1.165) is 0 Å². The van der Waals surface area contributed by atoms with E-state index in [0.29, 0.717) is 12.8 Å². The second kappa shape index (κ2) is 9.47. The van der Waals surface area contributed by atoms with Crippen LogP contribution in [-0.2, 0) is 0 Å². The van der Waals surface area contributed by atoms with E-state index in [4.69, 9.17) is 0 Å². The van der Waals surface area contributed by atoms with Gasteiger partial charge in [0.2, 0.25) is 0 Å². The Labute approximate surface area is 142 Å². The first kappa shape index (κ1) is 24.5. The molecule has 0 bridgehead atoms. The van der Waals surface area contributed by atoms with E-state index in [1.807, 2.05) is 0 Å². The molecule has 0 radical (unpaired) electrons. The van der Waals surface area contributed by atoms with Crippen molar-refractivity contribution in [3.05, 3.63) is 0 Å². The molecule has 1 nitrogen and oxygen atoms in total. The predicted octanol–water partition coefficient (Wildman–Crippen LogP) is 6.57. The van der Waals surface area contributed by atoms with Crippen molar-refractivity contribution in [2.75, 3.05) is 0 Å². The zero-order valence-electron chi connectivity index (χ0n) is 14.1. The Kier molecular flexibility index (Phi) is 9.30. The average molecular weight is 405 g/mol. The summed E-state index contributed by atoms with van der Waals surface area (Å²) >= 11 is 0. The van der Waals surface area contributed by atoms with E-state index < -0.39 is 64.2 Å². The molecule has 0 aliphatic heterocycles. The second-order valence-electron chi connectivity index (χ2n) is 6.28. The number of hydrogen-bond acceptors (Lipinski definition) is 1. The molecule has 0 atom stereocenters. The van der Waals surface area contributed by atoms with E-state index in [-0.39, 0.29) is 6.04 Å². The van der Waals surface area contributed by atoms with Gasteiger partial charge in [0, 0.05) is 19.3 Å². The molecule has 25 heavy (non-hydrogen) atoms. The van der Waals surface area contributed by atoms with E-state index in [1.165, 1.54) is 0 Å². The first-order valence-corrected chi connectivity index (χ1v) is 10.7. The number of alkyl halides is 9. The molecule has 0 aromatic carbocycles. The minimum Gasteiger partial charge on any atom is -0.334 e. The molecule has 0 amide bonds. The van der Waals surface area contributed by atoms with Gasteiger partial charge in [0.05, 0.1) is 0 Å². The molecule has 0 aromatic rings. The van der Waals surface area contributed by atoms with Gasteiger partial charge in [-0.05, 0) is 37.0 Å². The summed E-state index contributed by atoms with van der Waals surface area (Å²) in [6.45, 7) is 3.38. The lowest BCUT2D eigenvalue weighted by atomic mass is 10.2. The maximum atomic E-state index is 12.6. The van der Waals surface area contributed by atoms with Gasteiger partial charge in [0.25, 0.3) is 0 Å². The molecule has 11 heteroatoms. The van der Waals surface area contributed by atoms with Crippen LogP contribution < -0.4 is 4.98 Å². The van der Waals surface area contributed by atoms with E-state index in [9.17, 15) is 39.5 Å². The van der Waals surface area contributed by atoms with Crippen LogP contribution in [0.2, 0.25) is 18.1 Å². The highest BCUT2D eigenvalue weighted by molar-refractivity contribution is 6.77. The van der Waals surface area contributed by atoms with Crippen LogP contribution in [-0.4, -0.2) is 32.8 Å². The van der Waals surface area contributed by atoms with Crippen molar-refractivity contribution in [2.45, 2.75) is 88.7 Å². The number of nitrogens with one attached hydrogen (secondary N) is 1. The monoisotopic (exact) mass is 405 g/mol. The Hall–Kier alpha value is -0.453. The average Bonchev–Trinajstić information content (AvgIpc) is 2.43. The molecule has 0 saturated carbocycles. The third-order valence-electron chi connectivity index (χ3n) is 4.16. The van der Waals surface area contributed by atoms with Gasteiger partial charge in [-0.1, -0.05) is 13.8 Å². The van der Waals surface area contributed by atoms with E-state index >= 15 is 0 Å². The quantitative estimate of drug-likeness (QED) is 0.320. The van der Waals surface area contributed by atoms with Crippen molar-refractivity contribution in [3.63, 3.8) is 0 Å². The summed E-state index contributed by atoms with van der Waals surface area (Å²) < 4.78 is 113. The highest BCUT2D eigenvalue weighted by atomic mass is 28.3. The fourth-order valence-electron chi connectivity index (χ4n) is 2.66. The first-order chi connectivity index (χ1) is 11.1. The number of hydrogen-bond donors (Lipinski definition) is 1. The van der Waals surface area contributed by atoms with Crippen molar-refractivity contribution in [3.8, 4) is 0 Å².